The van der Waals surface area contributed by atoms with Crippen molar-refractivity contribution in [3.63, 3.8) is 0 Å². The second kappa shape index (κ2) is 7.99. The molecule has 0 bridgehead atoms. The van der Waals surface area contributed by atoms with Crippen LogP contribution in [0.1, 0.15) is 27.0 Å². The van der Waals surface area contributed by atoms with Gasteiger partial charge in [0.05, 0.1) is 0 Å². The summed E-state index contributed by atoms with van der Waals surface area (Å²) in [6.07, 6.45) is 0.709. The molecule has 1 fully saturated rings. The number of hydrogen-bond acceptors (Lipinski definition) is 3. The van der Waals surface area contributed by atoms with Crippen molar-refractivity contribution in [1.82, 2.24) is 9.80 Å². The van der Waals surface area contributed by atoms with Gasteiger partial charge in [-0.3, -0.25) is 14.6 Å². The van der Waals surface area contributed by atoms with Crippen molar-refractivity contribution in [2.45, 2.75) is 18.5 Å². The average Bonchev–Trinajstić information content (AvgIpc) is 3.09. The normalized spacial score (nSPS) is 22.2. The first-order valence-corrected chi connectivity index (χ1v) is 10.9. The van der Waals surface area contributed by atoms with Gasteiger partial charge in [0.15, 0.2) is 5.78 Å². The average molecular weight is 417 g/mol. The van der Waals surface area contributed by atoms with E-state index in [2.05, 4.69) is 52.3 Å². The Hall–Kier alpha value is -2.46. The second-order valence-electron chi connectivity index (χ2n) is 8.28. The van der Waals surface area contributed by atoms with E-state index in [-0.39, 0.29) is 5.78 Å². The lowest BCUT2D eigenvalue weighted by molar-refractivity contribution is 0.0288. The molecule has 4 heteroatoms. The molecule has 0 radical (unpaired) electrons. The summed E-state index contributed by atoms with van der Waals surface area (Å²) in [7, 11) is 0. The molecule has 1 saturated heterocycles. The maximum absolute atomic E-state index is 13.8. The molecule has 0 amide bonds. The van der Waals surface area contributed by atoms with E-state index in [1.165, 1.54) is 5.56 Å². The number of carbonyl (C=O) groups excluding carboxylic acids is 1. The Labute approximate surface area is 182 Å². The fourth-order valence-electron chi connectivity index (χ4n) is 5.02. The van der Waals surface area contributed by atoms with Gasteiger partial charge in [0, 0.05) is 49.7 Å². The molecule has 2 aliphatic rings. The van der Waals surface area contributed by atoms with E-state index in [1.807, 2.05) is 36.4 Å². The van der Waals surface area contributed by atoms with E-state index in [4.69, 9.17) is 11.6 Å². The Morgan fingerprint density at radius 2 is 1.57 bits per heavy atom. The highest BCUT2D eigenvalue weighted by molar-refractivity contribution is 6.30. The first-order chi connectivity index (χ1) is 14.7. The number of Topliss-reactive ketones (excluding diaryl/α,β-unsaturated/α-hetero) is 1. The molecular weight excluding hydrogens is 392 g/mol. The Morgan fingerprint density at radius 3 is 2.30 bits per heavy atom. The topological polar surface area (TPSA) is 23.6 Å². The first kappa shape index (κ1) is 19.5. The number of halogens is 1. The standard InChI is InChI=1S/C26H25ClN2O/c27-23-11-6-10-22(17-23)26(18-21-9-4-5-12-24(21)25(26)30)29-15-13-28(14-16-29)19-20-7-2-1-3-8-20/h1-12,17H,13-16,18-19H2. The second-order valence-corrected chi connectivity index (χ2v) is 8.72. The zero-order valence-electron chi connectivity index (χ0n) is 16.9. The predicted octanol–water partition coefficient (Wildman–Crippen LogP) is 4.79. The van der Waals surface area contributed by atoms with Crippen LogP contribution in [0.3, 0.4) is 0 Å². The number of benzene rings is 3. The number of piperazine rings is 1. The Bertz CT molecular complexity index is 1060. The van der Waals surface area contributed by atoms with E-state index < -0.39 is 5.54 Å². The number of hydrogen-bond donors (Lipinski definition) is 0. The molecule has 3 aromatic carbocycles. The summed E-state index contributed by atoms with van der Waals surface area (Å²) in [5.74, 6) is 0.205. The molecule has 0 N–H and O–H groups in total. The molecule has 0 saturated carbocycles. The molecule has 5 rings (SSSR count). The van der Waals surface area contributed by atoms with Crippen LogP contribution >= 0.6 is 11.6 Å². The lowest BCUT2D eigenvalue weighted by Crippen LogP contribution is -2.58. The predicted molar refractivity (Wildman–Crippen MR) is 121 cm³/mol. The number of rotatable bonds is 4. The van der Waals surface area contributed by atoms with Crippen LogP contribution in [0.25, 0.3) is 0 Å². The van der Waals surface area contributed by atoms with Crippen molar-refractivity contribution in [1.29, 1.82) is 0 Å². The fraction of sp³-hybridized carbons (Fsp3) is 0.269. The summed E-state index contributed by atoms with van der Waals surface area (Å²) >= 11 is 6.36. The molecular formula is C26H25ClN2O. The number of carbonyl (C=O) groups is 1. The van der Waals surface area contributed by atoms with E-state index in [0.29, 0.717) is 11.4 Å². The lowest BCUT2D eigenvalue weighted by Gasteiger charge is -2.45. The number of ketones is 1. The molecule has 1 atom stereocenters. The van der Waals surface area contributed by atoms with Crippen LogP contribution in [0.4, 0.5) is 0 Å². The SMILES string of the molecule is O=C1c2ccccc2CC1(c1cccc(Cl)c1)N1CCN(Cc2ccccc2)CC1. The summed E-state index contributed by atoms with van der Waals surface area (Å²) in [4.78, 5) is 18.7. The van der Waals surface area contributed by atoms with Gasteiger partial charge in [-0.2, -0.15) is 0 Å². The molecule has 152 valence electrons. The Morgan fingerprint density at radius 1 is 0.833 bits per heavy atom. The quantitative estimate of drug-likeness (QED) is 0.610. The highest BCUT2D eigenvalue weighted by Gasteiger charge is 2.51. The van der Waals surface area contributed by atoms with E-state index in [9.17, 15) is 4.79 Å². The molecule has 3 aromatic rings. The minimum atomic E-state index is -0.659. The van der Waals surface area contributed by atoms with Crippen LogP contribution in [0.5, 0.6) is 0 Å². The molecule has 3 nitrogen and oxygen atoms in total. The maximum atomic E-state index is 13.8. The summed E-state index contributed by atoms with van der Waals surface area (Å²) in [5.41, 5.74) is 3.67. The van der Waals surface area contributed by atoms with Crippen molar-refractivity contribution >= 4 is 17.4 Å². The van der Waals surface area contributed by atoms with Gasteiger partial charge in [0.1, 0.15) is 5.54 Å². The highest BCUT2D eigenvalue weighted by atomic mass is 35.5. The molecule has 30 heavy (non-hydrogen) atoms. The highest BCUT2D eigenvalue weighted by Crippen LogP contribution is 2.43. The third-order valence-corrected chi connectivity index (χ3v) is 6.78. The third kappa shape index (κ3) is 3.37. The fourth-order valence-corrected chi connectivity index (χ4v) is 5.21. The summed E-state index contributed by atoms with van der Waals surface area (Å²) in [6.45, 7) is 4.56. The molecule has 1 aliphatic heterocycles. The van der Waals surface area contributed by atoms with E-state index >= 15 is 0 Å². The van der Waals surface area contributed by atoms with Gasteiger partial charge >= 0.3 is 0 Å². The van der Waals surface area contributed by atoms with Gasteiger partial charge in [-0.15, -0.1) is 0 Å². The van der Waals surface area contributed by atoms with E-state index in [1.54, 1.807) is 0 Å². The van der Waals surface area contributed by atoms with Crippen LogP contribution in [-0.4, -0.2) is 41.8 Å². The monoisotopic (exact) mass is 416 g/mol. The maximum Gasteiger partial charge on any atom is 0.188 e. The van der Waals surface area contributed by atoms with Crippen LogP contribution in [0.15, 0.2) is 78.9 Å². The molecule has 1 aliphatic carbocycles. The zero-order valence-corrected chi connectivity index (χ0v) is 17.7. The Balaban J connectivity index is 1.44. The van der Waals surface area contributed by atoms with Crippen LogP contribution in [-0.2, 0) is 18.5 Å². The zero-order chi connectivity index (χ0) is 20.6. The van der Waals surface area contributed by atoms with E-state index in [0.717, 1.165) is 49.4 Å². The lowest BCUT2D eigenvalue weighted by atomic mass is 9.83. The van der Waals surface area contributed by atoms with Crippen LogP contribution < -0.4 is 0 Å². The van der Waals surface area contributed by atoms with Crippen molar-refractivity contribution in [3.05, 3.63) is 106 Å². The minimum absolute atomic E-state index is 0.205. The summed E-state index contributed by atoms with van der Waals surface area (Å²) < 4.78 is 0. The van der Waals surface area contributed by atoms with Crippen molar-refractivity contribution in [2.75, 3.05) is 26.2 Å². The number of nitrogens with zero attached hydrogens (tertiary/aromatic N) is 2. The van der Waals surface area contributed by atoms with Gasteiger partial charge < -0.3 is 0 Å². The molecule has 0 spiro atoms. The van der Waals surface area contributed by atoms with Gasteiger partial charge in [0.25, 0.3) is 0 Å². The minimum Gasteiger partial charge on any atom is -0.297 e. The van der Waals surface area contributed by atoms with Crippen LogP contribution in [0.2, 0.25) is 5.02 Å². The molecule has 0 aromatic heterocycles. The van der Waals surface area contributed by atoms with Crippen molar-refractivity contribution < 1.29 is 4.79 Å². The van der Waals surface area contributed by atoms with Gasteiger partial charge in [-0.05, 0) is 28.8 Å². The van der Waals surface area contributed by atoms with Gasteiger partial charge in [0.2, 0.25) is 0 Å². The third-order valence-electron chi connectivity index (χ3n) is 6.55. The largest absolute Gasteiger partial charge is 0.297 e. The van der Waals surface area contributed by atoms with Gasteiger partial charge in [-0.25, -0.2) is 0 Å². The van der Waals surface area contributed by atoms with Gasteiger partial charge in [-0.1, -0.05) is 78.3 Å². The summed E-state index contributed by atoms with van der Waals surface area (Å²) in [5, 5.41) is 0.679. The van der Waals surface area contributed by atoms with Crippen molar-refractivity contribution in [3.8, 4) is 0 Å². The Kier molecular flexibility index (Phi) is 5.20. The van der Waals surface area contributed by atoms with Crippen LogP contribution in [0, 0.1) is 0 Å². The number of fused-ring (bicyclic) bond motifs is 1. The smallest absolute Gasteiger partial charge is 0.188 e. The summed E-state index contributed by atoms with van der Waals surface area (Å²) in [6, 6.07) is 26.5. The van der Waals surface area contributed by atoms with Crippen molar-refractivity contribution in [2.24, 2.45) is 0 Å². The molecule has 1 unspecified atom stereocenters. The molecule has 1 heterocycles. The first-order valence-electron chi connectivity index (χ1n) is 10.6.